The Hall–Kier alpha value is -2.43. The first-order valence-electron chi connectivity index (χ1n) is 8.36. The Morgan fingerprint density at radius 2 is 1.82 bits per heavy atom. The number of benzene rings is 2. The van der Waals surface area contributed by atoms with E-state index in [0.29, 0.717) is 11.3 Å². The van der Waals surface area contributed by atoms with Gasteiger partial charge in [-0.05, 0) is 36.4 Å². The lowest BCUT2D eigenvalue weighted by Gasteiger charge is -2.09. The van der Waals surface area contributed by atoms with Crippen LogP contribution in [0.4, 0.5) is 10.8 Å². The van der Waals surface area contributed by atoms with E-state index in [0.717, 1.165) is 27.5 Å². The Labute approximate surface area is 171 Å². The fourth-order valence-electron chi connectivity index (χ4n) is 2.38. The van der Waals surface area contributed by atoms with Gasteiger partial charge in [0.25, 0.3) is 20.3 Å². The average Bonchev–Trinajstić information content (AvgIpc) is 3.13. The Kier molecular flexibility index (Phi) is 6.32. The fourth-order valence-corrected chi connectivity index (χ4v) is 5.18. The molecular formula is C18H18N4O3S3. The van der Waals surface area contributed by atoms with Crippen molar-refractivity contribution in [2.75, 3.05) is 15.8 Å². The van der Waals surface area contributed by atoms with Gasteiger partial charge in [0.15, 0.2) is 0 Å². The molecule has 0 fully saturated rings. The van der Waals surface area contributed by atoms with Crippen molar-refractivity contribution in [2.24, 2.45) is 0 Å². The van der Waals surface area contributed by atoms with E-state index in [2.05, 4.69) is 20.2 Å². The molecule has 1 amide bonds. The topological polar surface area (TPSA) is 101 Å². The SMILES string of the molecule is CCSc1ccccc1NS(=O)(=O)c1nnc(NC(=O)c2ccccc2C)s1. The molecule has 0 saturated carbocycles. The van der Waals surface area contributed by atoms with Crippen LogP contribution in [0.3, 0.4) is 0 Å². The van der Waals surface area contributed by atoms with Crippen molar-refractivity contribution in [3.63, 3.8) is 0 Å². The molecule has 0 saturated heterocycles. The molecule has 0 aliphatic carbocycles. The van der Waals surface area contributed by atoms with Crippen LogP contribution in [-0.4, -0.2) is 30.3 Å². The van der Waals surface area contributed by atoms with Gasteiger partial charge in [0, 0.05) is 10.5 Å². The van der Waals surface area contributed by atoms with Crippen molar-refractivity contribution in [1.29, 1.82) is 0 Å². The third-order valence-corrected chi connectivity index (χ3v) is 7.21. The number of anilines is 2. The molecule has 3 aromatic rings. The van der Waals surface area contributed by atoms with Crippen LogP contribution in [0.1, 0.15) is 22.8 Å². The maximum Gasteiger partial charge on any atom is 0.291 e. The van der Waals surface area contributed by atoms with E-state index in [9.17, 15) is 13.2 Å². The minimum Gasteiger partial charge on any atom is -0.296 e. The van der Waals surface area contributed by atoms with Crippen molar-refractivity contribution in [1.82, 2.24) is 10.2 Å². The molecule has 1 aromatic heterocycles. The van der Waals surface area contributed by atoms with Gasteiger partial charge >= 0.3 is 0 Å². The second kappa shape index (κ2) is 8.72. The number of hydrogen-bond acceptors (Lipinski definition) is 7. The molecule has 2 N–H and O–H groups in total. The quantitative estimate of drug-likeness (QED) is 0.430. The highest BCUT2D eigenvalue weighted by atomic mass is 32.2. The highest BCUT2D eigenvalue weighted by molar-refractivity contribution is 7.99. The molecule has 2 aromatic carbocycles. The summed E-state index contributed by atoms with van der Waals surface area (Å²) in [5.74, 6) is 0.447. The van der Waals surface area contributed by atoms with Crippen LogP contribution in [-0.2, 0) is 10.0 Å². The monoisotopic (exact) mass is 434 g/mol. The van der Waals surface area contributed by atoms with Gasteiger partial charge in [-0.25, -0.2) is 0 Å². The van der Waals surface area contributed by atoms with Crippen LogP contribution in [0, 0.1) is 6.92 Å². The van der Waals surface area contributed by atoms with Crippen LogP contribution in [0.2, 0.25) is 0 Å². The van der Waals surface area contributed by atoms with Gasteiger partial charge in [-0.15, -0.1) is 22.0 Å². The van der Waals surface area contributed by atoms with Crippen LogP contribution in [0.25, 0.3) is 0 Å². The molecule has 0 radical (unpaired) electrons. The van der Waals surface area contributed by atoms with Gasteiger partial charge in [-0.2, -0.15) is 8.42 Å². The lowest BCUT2D eigenvalue weighted by molar-refractivity contribution is 0.102. The van der Waals surface area contributed by atoms with E-state index < -0.39 is 10.0 Å². The van der Waals surface area contributed by atoms with Gasteiger partial charge in [0.1, 0.15) is 0 Å². The van der Waals surface area contributed by atoms with Gasteiger partial charge in [0.05, 0.1) is 5.69 Å². The maximum absolute atomic E-state index is 12.7. The number of thioether (sulfide) groups is 1. The highest BCUT2D eigenvalue weighted by Gasteiger charge is 2.22. The van der Waals surface area contributed by atoms with Crippen molar-refractivity contribution in [2.45, 2.75) is 23.1 Å². The molecule has 1 heterocycles. The summed E-state index contributed by atoms with van der Waals surface area (Å²) in [6.07, 6.45) is 0. The van der Waals surface area contributed by atoms with E-state index in [1.54, 1.807) is 24.3 Å². The van der Waals surface area contributed by atoms with Crippen molar-refractivity contribution in [3.8, 4) is 0 Å². The first kappa shape index (κ1) is 20.3. The molecule has 28 heavy (non-hydrogen) atoms. The summed E-state index contributed by atoms with van der Waals surface area (Å²) >= 11 is 2.33. The number of sulfonamides is 1. The number of para-hydroxylation sites is 1. The number of carbonyl (C=O) groups excluding carboxylic acids is 1. The molecule has 0 spiro atoms. The average molecular weight is 435 g/mol. The number of aromatic nitrogens is 2. The number of hydrogen-bond donors (Lipinski definition) is 2. The minimum absolute atomic E-state index is 0.116. The van der Waals surface area contributed by atoms with Crippen LogP contribution in [0.15, 0.2) is 57.8 Å². The first-order chi connectivity index (χ1) is 13.4. The number of aryl methyl sites for hydroxylation is 1. The van der Waals surface area contributed by atoms with Crippen LogP contribution < -0.4 is 10.0 Å². The molecule has 10 heteroatoms. The molecular weight excluding hydrogens is 416 g/mol. The van der Waals surface area contributed by atoms with E-state index in [-0.39, 0.29) is 15.4 Å². The summed E-state index contributed by atoms with van der Waals surface area (Å²) in [4.78, 5) is 13.2. The number of carbonyl (C=O) groups is 1. The third kappa shape index (κ3) is 4.70. The largest absolute Gasteiger partial charge is 0.296 e. The van der Waals surface area contributed by atoms with Crippen molar-refractivity contribution < 1.29 is 13.2 Å². The number of nitrogens with one attached hydrogen (secondary N) is 2. The zero-order valence-corrected chi connectivity index (χ0v) is 17.6. The summed E-state index contributed by atoms with van der Waals surface area (Å²) in [6, 6.07) is 14.2. The second-order valence-electron chi connectivity index (χ2n) is 5.68. The van der Waals surface area contributed by atoms with E-state index in [4.69, 9.17) is 0 Å². The van der Waals surface area contributed by atoms with Gasteiger partial charge < -0.3 is 0 Å². The highest BCUT2D eigenvalue weighted by Crippen LogP contribution is 2.30. The number of nitrogens with zero attached hydrogens (tertiary/aromatic N) is 2. The summed E-state index contributed by atoms with van der Waals surface area (Å²) in [5, 5.41) is 10.2. The summed E-state index contributed by atoms with van der Waals surface area (Å²) in [5.41, 5.74) is 1.78. The normalized spacial score (nSPS) is 11.2. The predicted molar refractivity (Wildman–Crippen MR) is 113 cm³/mol. The molecule has 0 atom stereocenters. The maximum atomic E-state index is 12.7. The Balaban J connectivity index is 1.77. The Morgan fingerprint density at radius 3 is 2.57 bits per heavy atom. The van der Waals surface area contributed by atoms with Crippen molar-refractivity contribution in [3.05, 3.63) is 59.7 Å². The summed E-state index contributed by atoms with van der Waals surface area (Å²) in [7, 11) is -3.91. The van der Waals surface area contributed by atoms with Gasteiger partial charge in [-0.3, -0.25) is 14.8 Å². The first-order valence-corrected chi connectivity index (χ1v) is 11.6. The molecule has 0 unspecified atom stereocenters. The molecule has 0 aliphatic heterocycles. The number of amides is 1. The smallest absolute Gasteiger partial charge is 0.291 e. The molecule has 146 valence electrons. The molecule has 3 rings (SSSR count). The van der Waals surface area contributed by atoms with E-state index in [1.165, 1.54) is 11.8 Å². The minimum atomic E-state index is -3.91. The molecule has 0 bridgehead atoms. The van der Waals surface area contributed by atoms with Gasteiger partial charge in [-0.1, -0.05) is 48.6 Å². The number of rotatable bonds is 7. The van der Waals surface area contributed by atoms with Crippen molar-refractivity contribution >= 4 is 49.8 Å². The summed E-state index contributed by atoms with van der Waals surface area (Å²) < 4.78 is 27.6. The Bertz CT molecular complexity index is 1100. The fraction of sp³-hybridized carbons (Fsp3) is 0.167. The van der Waals surface area contributed by atoms with Crippen LogP contribution >= 0.6 is 23.1 Å². The predicted octanol–water partition coefficient (Wildman–Crippen LogP) is 4.01. The lowest BCUT2D eigenvalue weighted by Crippen LogP contribution is -2.13. The zero-order valence-electron chi connectivity index (χ0n) is 15.2. The Morgan fingerprint density at radius 1 is 1.11 bits per heavy atom. The van der Waals surface area contributed by atoms with E-state index in [1.807, 2.05) is 38.1 Å². The summed E-state index contributed by atoms with van der Waals surface area (Å²) in [6.45, 7) is 3.81. The van der Waals surface area contributed by atoms with Crippen LogP contribution in [0.5, 0.6) is 0 Å². The third-order valence-electron chi connectivity index (χ3n) is 3.68. The van der Waals surface area contributed by atoms with E-state index >= 15 is 0 Å². The zero-order chi connectivity index (χ0) is 20.1. The van der Waals surface area contributed by atoms with Gasteiger partial charge in [0.2, 0.25) is 5.13 Å². The molecule has 7 nitrogen and oxygen atoms in total. The lowest BCUT2D eigenvalue weighted by atomic mass is 10.1. The molecule has 0 aliphatic rings. The standard InChI is InChI=1S/C18H18N4O3S3/c1-3-26-15-11-7-6-10-14(15)22-28(24,25)18-21-20-17(27-18)19-16(23)13-9-5-4-8-12(13)2/h4-11,22H,3H2,1-2H3,(H,19,20,23). The second-order valence-corrected chi connectivity index (χ2v) is 9.82.